The number of carbonyl (C=O) groups is 1. The topological polar surface area (TPSA) is 54.0 Å². The standard InChI is InChI=1S/C12H17N3O/c1-3-6-14-9-12(16)15-10(2)11-4-7-13-8-5-11/h3-5,7-8,10,14H,1,6,9H2,2H3,(H,15,16)/t10-/m0/s1. The molecule has 0 fully saturated rings. The first-order chi connectivity index (χ1) is 7.74. The van der Waals surface area contributed by atoms with Gasteiger partial charge in [0, 0.05) is 18.9 Å². The molecule has 0 aliphatic heterocycles. The molecule has 0 bridgehead atoms. The van der Waals surface area contributed by atoms with Gasteiger partial charge in [0.05, 0.1) is 12.6 Å². The lowest BCUT2D eigenvalue weighted by atomic mass is 10.1. The number of hydrogen-bond acceptors (Lipinski definition) is 3. The first kappa shape index (κ1) is 12.4. The van der Waals surface area contributed by atoms with E-state index in [-0.39, 0.29) is 11.9 Å². The van der Waals surface area contributed by atoms with Crippen LogP contribution in [0, 0.1) is 0 Å². The third kappa shape index (κ3) is 4.23. The number of nitrogens with zero attached hydrogens (tertiary/aromatic N) is 1. The molecule has 1 rings (SSSR count). The van der Waals surface area contributed by atoms with Gasteiger partial charge in [-0.3, -0.25) is 9.78 Å². The first-order valence-corrected chi connectivity index (χ1v) is 5.25. The van der Waals surface area contributed by atoms with E-state index < -0.39 is 0 Å². The van der Waals surface area contributed by atoms with E-state index in [9.17, 15) is 4.79 Å². The summed E-state index contributed by atoms with van der Waals surface area (Å²) in [6.07, 6.45) is 5.15. The van der Waals surface area contributed by atoms with Crippen molar-refractivity contribution in [3.8, 4) is 0 Å². The van der Waals surface area contributed by atoms with Gasteiger partial charge >= 0.3 is 0 Å². The van der Waals surface area contributed by atoms with Crippen LogP contribution in [0.2, 0.25) is 0 Å². The largest absolute Gasteiger partial charge is 0.348 e. The van der Waals surface area contributed by atoms with Gasteiger partial charge in [-0.2, -0.15) is 0 Å². The Morgan fingerprint density at radius 2 is 2.25 bits per heavy atom. The molecule has 0 aliphatic carbocycles. The second-order valence-corrected chi connectivity index (χ2v) is 3.49. The molecule has 0 radical (unpaired) electrons. The molecule has 1 aromatic heterocycles. The number of hydrogen-bond donors (Lipinski definition) is 2. The Bertz CT molecular complexity index is 337. The molecule has 2 N–H and O–H groups in total. The summed E-state index contributed by atoms with van der Waals surface area (Å²) in [5.41, 5.74) is 1.05. The average molecular weight is 219 g/mol. The van der Waals surface area contributed by atoms with Crippen LogP contribution in [0.1, 0.15) is 18.5 Å². The van der Waals surface area contributed by atoms with Crippen molar-refractivity contribution >= 4 is 5.91 Å². The fraction of sp³-hybridized carbons (Fsp3) is 0.333. The number of amides is 1. The van der Waals surface area contributed by atoms with Gasteiger partial charge in [0.2, 0.25) is 5.91 Å². The van der Waals surface area contributed by atoms with Gasteiger partial charge in [0.1, 0.15) is 0 Å². The molecule has 0 saturated carbocycles. The molecule has 0 spiro atoms. The van der Waals surface area contributed by atoms with Gasteiger partial charge in [-0.1, -0.05) is 6.08 Å². The molecule has 0 unspecified atom stereocenters. The van der Waals surface area contributed by atoms with Crippen molar-refractivity contribution in [2.45, 2.75) is 13.0 Å². The van der Waals surface area contributed by atoms with Crippen LogP contribution in [-0.2, 0) is 4.79 Å². The average Bonchev–Trinajstić information content (AvgIpc) is 2.30. The predicted octanol–water partition coefficient (Wildman–Crippen LogP) is 1.03. The summed E-state index contributed by atoms with van der Waals surface area (Å²) < 4.78 is 0. The van der Waals surface area contributed by atoms with E-state index in [1.54, 1.807) is 18.5 Å². The number of pyridine rings is 1. The summed E-state index contributed by atoms with van der Waals surface area (Å²) in [7, 11) is 0. The summed E-state index contributed by atoms with van der Waals surface area (Å²) in [4.78, 5) is 15.4. The molecule has 4 nitrogen and oxygen atoms in total. The van der Waals surface area contributed by atoms with Gasteiger partial charge in [-0.15, -0.1) is 6.58 Å². The van der Waals surface area contributed by atoms with E-state index in [0.717, 1.165) is 5.56 Å². The fourth-order valence-corrected chi connectivity index (χ4v) is 1.32. The monoisotopic (exact) mass is 219 g/mol. The van der Waals surface area contributed by atoms with Gasteiger partial charge in [0.25, 0.3) is 0 Å². The Morgan fingerprint density at radius 3 is 2.88 bits per heavy atom. The van der Waals surface area contributed by atoms with Crippen molar-refractivity contribution in [3.05, 3.63) is 42.7 Å². The minimum atomic E-state index is -0.0221. The molecule has 1 aromatic rings. The highest BCUT2D eigenvalue weighted by Gasteiger charge is 2.07. The number of rotatable bonds is 6. The maximum absolute atomic E-state index is 11.5. The molecule has 0 saturated heterocycles. The number of aromatic nitrogens is 1. The van der Waals surface area contributed by atoms with Crippen LogP contribution in [0.4, 0.5) is 0 Å². The van der Waals surface area contributed by atoms with E-state index in [2.05, 4.69) is 22.2 Å². The third-order valence-electron chi connectivity index (χ3n) is 2.16. The highest BCUT2D eigenvalue weighted by atomic mass is 16.1. The third-order valence-corrected chi connectivity index (χ3v) is 2.16. The molecular formula is C12H17N3O. The van der Waals surface area contributed by atoms with Gasteiger partial charge in [0.15, 0.2) is 0 Å². The quantitative estimate of drug-likeness (QED) is 0.555. The molecule has 4 heteroatoms. The highest BCUT2D eigenvalue weighted by Crippen LogP contribution is 2.09. The lowest BCUT2D eigenvalue weighted by Gasteiger charge is -2.14. The summed E-state index contributed by atoms with van der Waals surface area (Å²) in [5.74, 6) is -0.0221. The molecule has 16 heavy (non-hydrogen) atoms. The van der Waals surface area contributed by atoms with Crippen LogP contribution in [0.25, 0.3) is 0 Å². The van der Waals surface area contributed by atoms with Crippen molar-refractivity contribution in [2.75, 3.05) is 13.1 Å². The Hall–Kier alpha value is -1.68. The summed E-state index contributed by atoms with van der Waals surface area (Å²) >= 11 is 0. The molecule has 0 aromatic carbocycles. The zero-order valence-electron chi connectivity index (χ0n) is 9.44. The molecule has 1 atom stereocenters. The zero-order chi connectivity index (χ0) is 11.8. The lowest BCUT2D eigenvalue weighted by molar-refractivity contribution is -0.120. The van der Waals surface area contributed by atoms with Crippen LogP contribution in [-0.4, -0.2) is 24.0 Å². The van der Waals surface area contributed by atoms with E-state index in [1.807, 2.05) is 19.1 Å². The smallest absolute Gasteiger partial charge is 0.234 e. The maximum atomic E-state index is 11.5. The fourth-order valence-electron chi connectivity index (χ4n) is 1.32. The number of nitrogens with one attached hydrogen (secondary N) is 2. The van der Waals surface area contributed by atoms with Crippen molar-refractivity contribution in [1.29, 1.82) is 0 Å². The van der Waals surface area contributed by atoms with E-state index >= 15 is 0 Å². The summed E-state index contributed by atoms with van der Waals surface area (Å²) in [6.45, 7) is 6.45. The molecule has 1 heterocycles. The minimum absolute atomic E-state index is 0.000955. The normalized spacial score (nSPS) is 11.8. The summed E-state index contributed by atoms with van der Waals surface area (Å²) in [5, 5.41) is 5.84. The first-order valence-electron chi connectivity index (χ1n) is 5.25. The summed E-state index contributed by atoms with van der Waals surface area (Å²) in [6, 6.07) is 3.78. The van der Waals surface area contributed by atoms with Gasteiger partial charge in [-0.05, 0) is 24.6 Å². The van der Waals surface area contributed by atoms with Gasteiger partial charge in [-0.25, -0.2) is 0 Å². The van der Waals surface area contributed by atoms with Crippen LogP contribution >= 0.6 is 0 Å². The van der Waals surface area contributed by atoms with Crippen LogP contribution in [0.15, 0.2) is 37.2 Å². The predicted molar refractivity (Wildman–Crippen MR) is 63.9 cm³/mol. The van der Waals surface area contributed by atoms with E-state index in [0.29, 0.717) is 13.1 Å². The van der Waals surface area contributed by atoms with Crippen LogP contribution in [0.3, 0.4) is 0 Å². The van der Waals surface area contributed by atoms with Crippen LogP contribution in [0.5, 0.6) is 0 Å². The van der Waals surface area contributed by atoms with Crippen molar-refractivity contribution < 1.29 is 4.79 Å². The maximum Gasteiger partial charge on any atom is 0.234 e. The zero-order valence-corrected chi connectivity index (χ0v) is 9.44. The SMILES string of the molecule is C=CCNCC(=O)N[C@@H](C)c1ccncc1. The molecular weight excluding hydrogens is 202 g/mol. The Balaban J connectivity index is 2.36. The van der Waals surface area contributed by atoms with Crippen molar-refractivity contribution in [3.63, 3.8) is 0 Å². The molecule has 86 valence electrons. The second kappa shape index (κ2) is 6.74. The van der Waals surface area contributed by atoms with E-state index in [4.69, 9.17) is 0 Å². The van der Waals surface area contributed by atoms with E-state index in [1.165, 1.54) is 0 Å². The molecule has 0 aliphatic rings. The Morgan fingerprint density at radius 1 is 1.56 bits per heavy atom. The van der Waals surface area contributed by atoms with Crippen molar-refractivity contribution in [1.82, 2.24) is 15.6 Å². The lowest BCUT2D eigenvalue weighted by Crippen LogP contribution is -2.35. The van der Waals surface area contributed by atoms with Crippen molar-refractivity contribution in [2.24, 2.45) is 0 Å². The van der Waals surface area contributed by atoms with Crippen LogP contribution < -0.4 is 10.6 Å². The second-order valence-electron chi connectivity index (χ2n) is 3.49. The minimum Gasteiger partial charge on any atom is -0.348 e. The Labute approximate surface area is 95.8 Å². The number of carbonyl (C=O) groups excluding carboxylic acids is 1. The Kier molecular flexibility index (Phi) is 5.22. The van der Waals surface area contributed by atoms with Gasteiger partial charge < -0.3 is 10.6 Å². The molecule has 1 amide bonds. The highest BCUT2D eigenvalue weighted by molar-refractivity contribution is 5.78.